The Bertz CT molecular complexity index is 651. The van der Waals surface area contributed by atoms with Crippen molar-refractivity contribution < 1.29 is 4.39 Å². The number of alkyl halides is 1. The fourth-order valence-corrected chi connectivity index (χ4v) is 4.27. The molecule has 1 aliphatic carbocycles. The fourth-order valence-electron chi connectivity index (χ4n) is 3.18. The molecule has 114 valence electrons. The minimum absolute atomic E-state index is 0.141. The molecule has 1 fully saturated rings. The van der Waals surface area contributed by atoms with Crippen LogP contribution >= 0.6 is 35.0 Å². The maximum absolute atomic E-state index is 13.6. The van der Waals surface area contributed by atoms with Gasteiger partial charge in [-0.15, -0.1) is 11.6 Å². The molecule has 0 aliphatic heterocycles. The molecular weight excluding hydrogens is 330 g/mol. The summed E-state index contributed by atoms with van der Waals surface area (Å²) in [4.78, 5) is 4.47. The van der Waals surface area contributed by atoms with Crippen LogP contribution in [0.15, 0.2) is 12.1 Å². The molecule has 1 aliphatic rings. The van der Waals surface area contributed by atoms with Gasteiger partial charge in [-0.25, -0.2) is 9.37 Å². The summed E-state index contributed by atoms with van der Waals surface area (Å²) in [6, 6.07) is 3.46. The third-order valence-electron chi connectivity index (χ3n) is 4.27. The van der Waals surface area contributed by atoms with E-state index >= 15 is 0 Å². The lowest BCUT2D eigenvalue weighted by molar-refractivity contribution is 0.361. The summed E-state index contributed by atoms with van der Waals surface area (Å²) in [5.74, 6) is 0.707. The summed E-state index contributed by atoms with van der Waals surface area (Å²) in [6.07, 6.45) is 6.78. The molecule has 6 heteroatoms. The number of fused-ring (bicyclic) bond motifs is 1. The summed E-state index contributed by atoms with van der Waals surface area (Å²) < 4.78 is 15.8. The van der Waals surface area contributed by atoms with Crippen molar-refractivity contribution in [1.82, 2.24) is 9.55 Å². The quantitative estimate of drug-likeness (QED) is 0.691. The van der Waals surface area contributed by atoms with E-state index in [1.807, 2.05) is 11.8 Å². The van der Waals surface area contributed by atoms with Gasteiger partial charge in [0.05, 0.1) is 21.9 Å². The number of thioether (sulfide) groups is 1. The molecule has 1 heterocycles. The molecule has 0 unspecified atom stereocenters. The minimum atomic E-state index is -0.430. The standard InChI is InChI=1S/C15H17Cl2FN2S/c1-21-10-4-2-9(3-5-10)20-14-6-11(17)12(18)7-13(14)19-15(20)8-16/h6-7,9-10H,2-5,8H2,1H3. The predicted octanol–water partition coefficient (Wildman–Crippen LogP) is 5.41. The summed E-state index contributed by atoms with van der Waals surface area (Å²) in [5, 5.41) is 0.888. The Morgan fingerprint density at radius 2 is 2.05 bits per heavy atom. The highest BCUT2D eigenvalue weighted by Crippen LogP contribution is 2.37. The first kappa shape index (κ1) is 15.4. The number of imidazole rings is 1. The number of benzene rings is 1. The molecule has 2 aromatic rings. The Morgan fingerprint density at radius 3 is 2.67 bits per heavy atom. The third-order valence-corrected chi connectivity index (χ3v) is 5.93. The second kappa shape index (κ2) is 6.35. The summed E-state index contributed by atoms with van der Waals surface area (Å²) in [6.45, 7) is 0. The SMILES string of the molecule is CSC1CCC(n2c(CCl)nc3cc(F)c(Cl)cc32)CC1. The molecule has 21 heavy (non-hydrogen) atoms. The Kier molecular flexibility index (Phi) is 4.67. The van der Waals surface area contributed by atoms with Gasteiger partial charge in [0, 0.05) is 17.4 Å². The van der Waals surface area contributed by atoms with E-state index in [1.165, 1.54) is 18.9 Å². The molecule has 0 bridgehead atoms. The zero-order valence-corrected chi connectivity index (χ0v) is 14.1. The van der Waals surface area contributed by atoms with E-state index in [2.05, 4.69) is 15.8 Å². The monoisotopic (exact) mass is 346 g/mol. The third kappa shape index (κ3) is 2.90. The first-order valence-electron chi connectivity index (χ1n) is 7.08. The van der Waals surface area contributed by atoms with Gasteiger partial charge in [-0.3, -0.25) is 0 Å². The van der Waals surface area contributed by atoms with Crippen molar-refractivity contribution in [2.45, 2.75) is 42.9 Å². The normalized spacial score (nSPS) is 22.9. The zero-order chi connectivity index (χ0) is 15.0. The zero-order valence-electron chi connectivity index (χ0n) is 11.8. The van der Waals surface area contributed by atoms with Crippen LogP contribution in [0.3, 0.4) is 0 Å². The lowest BCUT2D eigenvalue weighted by atomic mass is 9.94. The highest BCUT2D eigenvalue weighted by Gasteiger charge is 2.25. The lowest BCUT2D eigenvalue weighted by Crippen LogP contribution is -2.20. The van der Waals surface area contributed by atoms with Crippen molar-refractivity contribution in [3.63, 3.8) is 0 Å². The molecule has 3 rings (SSSR count). The molecule has 0 amide bonds. The van der Waals surface area contributed by atoms with Crippen molar-refractivity contribution in [3.05, 3.63) is 28.8 Å². The maximum Gasteiger partial charge on any atom is 0.144 e. The van der Waals surface area contributed by atoms with Gasteiger partial charge in [0.2, 0.25) is 0 Å². The van der Waals surface area contributed by atoms with Crippen LogP contribution in [0.2, 0.25) is 5.02 Å². The van der Waals surface area contributed by atoms with E-state index in [9.17, 15) is 4.39 Å². The molecule has 1 saturated carbocycles. The second-order valence-corrected chi connectivity index (χ2v) is 7.27. The Labute approximate surface area is 138 Å². The Balaban J connectivity index is 2.02. The van der Waals surface area contributed by atoms with Gasteiger partial charge in [0.1, 0.15) is 11.6 Å². The van der Waals surface area contributed by atoms with Gasteiger partial charge in [0.15, 0.2) is 0 Å². The average Bonchev–Trinajstić information content (AvgIpc) is 2.85. The van der Waals surface area contributed by atoms with Crippen molar-refractivity contribution in [2.24, 2.45) is 0 Å². The first-order chi connectivity index (χ1) is 10.1. The van der Waals surface area contributed by atoms with Crippen LogP contribution in [0.4, 0.5) is 4.39 Å². The minimum Gasteiger partial charge on any atom is -0.324 e. The van der Waals surface area contributed by atoms with E-state index < -0.39 is 5.82 Å². The maximum atomic E-state index is 13.6. The highest BCUT2D eigenvalue weighted by molar-refractivity contribution is 7.99. The van der Waals surface area contributed by atoms with Gasteiger partial charge in [-0.2, -0.15) is 11.8 Å². The summed E-state index contributed by atoms with van der Waals surface area (Å²) >= 11 is 13.9. The van der Waals surface area contributed by atoms with E-state index in [1.54, 1.807) is 6.07 Å². The van der Waals surface area contributed by atoms with Crippen molar-refractivity contribution in [2.75, 3.05) is 6.26 Å². The Morgan fingerprint density at radius 1 is 1.33 bits per heavy atom. The molecule has 0 radical (unpaired) electrons. The van der Waals surface area contributed by atoms with E-state index in [-0.39, 0.29) is 5.02 Å². The molecule has 0 atom stereocenters. The van der Waals surface area contributed by atoms with Crippen LogP contribution in [0.25, 0.3) is 11.0 Å². The lowest BCUT2D eigenvalue weighted by Gasteiger charge is -2.29. The average molecular weight is 347 g/mol. The van der Waals surface area contributed by atoms with Crippen LogP contribution < -0.4 is 0 Å². The largest absolute Gasteiger partial charge is 0.324 e. The molecule has 0 spiro atoms. The number of hydrogen-bond donors (Lipinski definition) is 0. The van der Waals surface area contributed by atoms with Crippen LogP contribution in [-0.2, 0) is 5.88 Å². The summed E-state index contributed by atoms with van der Waals surface area (Å²) in [5.41, 5.74) is 1.53. The Hall–Kier alpha value is -0.450. The van der Waals surface area contributed by atoms with E-state index in [4.69, 9.17) is 23.2 Å². The number of hydrogen-bond acceptors (Lipinski definition) is 2. The van der Waals surface area contributed by atoms with Gasteiger partial charge >= 0.3 is 0 Å². The van der Waals surface area contributed by atoms with Crippen LogP contribution in [0, 0.1) is 5.82 Å². The van der Waals surface area contributed by atoms with Crippen LogP contribution in [0.1, 0.15) is 37.5 Å². The van der Waals surface area contributed by atoms with Gasteiger partial charge in [0.25, 0.3) is 0 Å². The number of halogens is 3. The topological polar surface area (TPSA) is 17.8 Å². The van der Waals surface area contributed by atoms with Crippen molar-refractivity contribution >= 4 is 46.0 Å². The van der Waals surface area contributed by atoms with E-state index in [0.29, 0.717) is 17.4 Å². The number of aromatic nitrogens is 2. The predicted molar refractivity (Wildman–Crippen MR) is 89.1 cm³/mol. The van der Waals surface area contributed by atoms with Crippen molar-refractivity contribution in [3.8, 4) is 0 Å². The van der Waals surface area contributed by atoms with Gasteiger partial charge in [-0.1, -0.05) is 11.6 Å². The first-order valence-corrected chi connectivity index (χ1v) is 9.28. The molecule has 1 aromatic carbocycles. The van der Waals surface area contributed by atoms with Gasteiger partial charge in [-0.05, 0) is 38.0 Å². The molecule has 2 nitrogen and oxygen atoms in total. The highest BCUT2D eigenvalue weighted by atomic mass is 35.5. The van der Waals surface area contributed by atoms with Crippen LogP contribution in [0.5, 0.6) is 0 Å². The van der Waals surface area contributed by atoms with Gasteiger partial charge < -0.3 is 4.57 Å². The summed E-state index contributed by atoms with van der Waals surface area (Å²) in [7, 11) is 0. The van der Waals surface area contributed by atoms with Crippen molar-refractivity contribution in [1.29, 1.82) is 0 Å². The molecular formula is C15H17Cl2FN2S. The smallest absolute Gasteiger partial charge is 0.144 e. The number of nitrogens with zero attached hydrogens (tertiary/aromatic N) is 2. The fraction of sp³-hybridized carbons (Fsp3) is 0.533. The molecule has 1 aromatic heterocycles. The van der Waals surface area contributed by atoms with E-state index in [0.717, 1.165) is 29.4 Å². The van der Waals surface area contributed by atoms with Crippen LogP contribution in [-0.4, -0.2) is 21.1 Å². The number of rotatable bonds is 3. The molecule has 0 saturated heterocycles. The second-order valence-electron chi connectivity index (χ2n) is 5.45. The molecule has 0 N–H and O–H groups in total.